The van der Waals surface area contributed by atoms with Crippen LogP contribution in [-0.2, 0) is 9.53 Å². The number of ether oxygens (including phenoxy) is 1. The Bertz CT molecular complexity index is 292. The average molecular weight is 269 g/mol. The van der Waals surface area contributed by atoms with Gasteiger partial charge in [0.15, 0.2) is 0 Å². The van der Waals surface area contributed by atoms with Gasteiger partial charge >= 0.3 is 0 Å². The van der Waals surface area contributed by atoms with Crippen molar-refractivity contribution in [2.45, 2.75) is 44.7 Å². The third-order valence-electron chi connectivity index (χ3n) is 4.22. The molecule has 0 aromatic carbocycles. The summed E-state index contributed by atoms with van der Waals surface area (Å²) >= 11 is 0. The molecule has 0 bridgehead atoms. The van der Waals surface area contributed by atoms with Crippen molar-refractivity contribution in [1.82, 2.24) is 9.80 Å². The molecule has 0 saturated carbocycles. The third-order valence-corrected chi connectivity index (χ3v) is 4.22. The summed E-state index contributed by atoms with van der Waals surface area (Å²) in [5.41, 5.74) is 5.98. The summed E-state index contributed by atoms with van der Waals surface area (Å²) in [4.78, 5) is 16.6. The Labute approximate surface area is 116 Å². The quantitative estimate of drug-likeness (QED) is 0.786. The second-order valence-electron chi connectivity index (χ2n) is 5.62. The summed E-state index contributed by atoms with van der Waals surface area (Å²) in [6.45, 7) is 7.46. The lowest BCUT2D eigenvalue weighted by molar-refractivity contribution is -0.132. The molecule has 19 heavy (non-hydrogen) atoms. The highest BCUT2D eigenvalue weighted by Gasteiger charge is 2.32. The van der Waals surface area contributed by atoms with Crippen LogP contribution in [0.25, 0.3) is 0 Å². The van der Waals surface area contributed by atoms with E-state index in [0.717, 1.165) is 65.1 Å². The summed E-state index contributed by atoms with van der Waals surface area (Å²) in [5.74, 6) is 0.143. The Morgan fingerprint density at radius 3 is 2.79 bits per heavy atom. The van der Waals surface area contributed by atoms with E-state index in [1.54, 1.807) is 0 Å². The predicted molar refractivity (Wildman–Crippen MR) is 74.9 cm³/mol. The fraction of sp³-hybridized carbons (Fsp3) is 0.929. The van der Waals surface area contributed by atoms with Crippen LogP contribution in [0.5, 0.6) is 0 Å². The molecular formula is C14H27N3O2. The number of nitrogens with two attached hydrogens (primary N) is 1. The van der Waals surface area contributed by atoms with E-state index in [4.69, 9.17) is 10.5 Å². The normalized spacial score (nSPS) is 26.6. The molecule has 2 aliphatic heterocycles. The Morgan fingerprint density at radius 2 is 2.11 bits per heavy atom. The lowest BCUT2D eigenvalue weighted by Crippen LogP contribution is -2.47. The highest BCUT2D eigenvalue weighted by atomic mass is 16.5. The van der Waals surface area contributed by atoms with Gasteiger partial charge in [0.1, 0.15) is 0 Å². The van der Waals surface area contributed by atoms with E-state index in [0.29, 0.717) is 6.04 Å². The zero-order chi connectivity index (χ0) is 13.7. The number of rotatable bonds is 5. The number of morpholine rings is 1. The first-order valence-corrected chi connectivity index (χ1v) is 7.58. The molecule has 0 aromatic rings. The van der Waals surface area contributed by atoms with Crippen LogP contribution < -0.4 is 5.73 Å². The Hall–Kier alpha value is -0.650. The van der Waals surface area contributed by atoms with Gasteiger partial charge in [-0.1, -0.05) is 19.8 Å². The van der Waals surface area contributed by atoms with Crippen molar-refractivity contribution in [2.24, 2.45) is 5.73 Å². The third kappa shape index (κ3) is 3.91. The number of carbonyl (C=O) groups is 1. The van der Waals surface area contributed by atoms with Crippen LogP contribution in [0.3, 0.4) is 0 Å². The summed E-state index contributed by atoms with van der Waals surface area (Å²) in [6.07, 6.45) is 4.02. The average Bonchev–Trinajstić information content (AvgIpc) is 2.94. The minimum Gasteiger partial charge on any atom is -0.379 e. The van der Waals surface area contributed by atoms with Crippen LogP contribution in [-0.4, -0.2) is 67.2 Å². The van der Waals surface area contributed by atoms with Crippen molar-refractivity contribution < 1.29 is 9.53 Å². The van der Waals surface area contributed by atoms with Crippen molar-refractivity contribution in [3.63, 3.8) is 0 Å². The molecule has 0 spiro atoms. The number of hydrogen-bond acceptors (Lipinski definition) is 4. The SMILES string of the molecule is CCCC[C@H](N)C(=O)N1CCC(N2CCOCC2)C1. The van der Waals surface area contributed by atoms with Gasteiger partial charge < -0.3 is 15.4 Å². The van der Waals surface area contributed by atoms with Gasteiger partial charge in [-0.2, -0.15) is 0 Å². The van der Waals surface area contributed by atoms with Crippen LogP contribution in [0.2, 0.25) is 0 Å². The maximum atomic E-state index is 12.2. The van der Waals surface area contributed by atoms with Gasteiger partial charge in [0.2, 0.25) is 5.91 Å². The van der Waals surface area contributed by atoms with Gasteiger partial charge in [-0.05, 0) is 12.8 Å². The van der Waals surface area contributed by atoms with Crippen LogP contribution in [0.15, 0.2) is 0 Å². The fourth-order valence-electron chi connectivity index (χ4n) is 2.96. The number of likely N-dealkylation sites (tertiary alicyclic amines) is 1. The molecule has 5 nitrogen and oxygen atoms in total. The minimum atomic E-state index is -0.302. The van der Waals surface area contributed by atoms with E-state index in [2.05, 4.69) is 11.8 Å². The van der Waals surface area contributed by atoms with Crippen molar-refractivity contribution >= 4 is 5.91 Å². The Balaban J connectivity index is 1.78. The first-order valence-electron chi connectivity index (χ1n) is 7.58. The first-order chi connectivity index (χ1) is 9.22. The molecule has 2 fully saturated rings. The molecule has 1 amide bonds. The molecule has 2 saturated heterocycles. The Kier molecular flexibility index (Phi) is 5.60. The zero-order valence-electron chi connectivity index (χ0n) is 12.0. The number of carbonyl (C=O) groups excluding carboxylic acids is 1. The highest BCUT2D eigenvalue weighted by Crippen LogP contribution is 2.18. The Morgan fingerprint density at radius 1 is 1.37 bits per heavy atom. The van der Waals surface area contributed by atoms with Gasteiger partial charge in [-0.15, -0.1) is 0 Å². The van der Waals surface area contributed by atoms with Gasteiger partial charge in [-0.25, -0.2) is 0 Å². The molecule has 0 aromatic heterocycles. The predicted octanol–water partition coefficient (Wildman–Crippen LogP) is 0.437. The smallest absolute Gasteiger partial charge is 0.239 e. The molecule has 2 aliphatic rings. The maximum Gasteiger partial charge on any atom is 0.239 e. The molecule has 0 aliphatic carbocycles. The number of unbranched alkanes of at least 4 members (excludes halogenated alkanes) is 1. The topological polar surface area (TPSA) is 58.8 Å². The zero-order valence-corrected chi connectivity index (χ0v) is 12.0. The summed E-state index contributed by atoms with van der Waals surface area (Å²) in [5, 5.41) is 0. The van der Waals surface area contributed by atoms with E-state index in [1.807, 2.05) is 4.90 Å². The minimum absolute atomic E-state index is 0.143. The second kappa shape index (κ2) is 7.22. The molecule has 2 heterocycles. The molecule has 1 unspecified atom stereocenters. The van der Waals surface area contributed by atoms with Crippen molar-refractivity contribution in [1.29, 1.82) is 0 Å². The van der Waals surface area contributed by atoms with Crippen molar-refractivity contribution in [3.8, 4) is 0 Å². The van der Waals surface area contributed by atoms with Crippen LogP contribution >= 0.6 is 0 Å². The molecule has 2 N–H and O–H groups in total. The summed E-state index contributed by atoms with van der Waals surface area (Å²) < 4.78 is 5.37. The van der Waals surface area contributed by atoms with E-state index in [9.17, 15) is 4.79 Å². The molecular weight excluding hydrogens is 242 g/mol. The molecule has 0 radical (unpaired) electrons. The highest BCUT2D eigenvalue weighted by molar-refractivity contribution is 5.81. The van der Waals surface area contributed by atoms with Crippen LogP contribution in [0.4, 0.5) is 0 Å². The lowest BCUT2D eigenvalue weighted by atomic mass is 10.1. The fourth-order valence-corrected chi connectivity index (χ4v) is 2.96. The van der Waals surface area contributed by atoms with E-state index >= 15 is 0 Å². The van der Waals surface area contributed by atoms with Gasteiger partial charge in [0.25, 0.3) is 0 Å². The summed E-state index contributed by atoms with van der Waals surface area (Å²) in [7, 11) is 0. The standard InChI is InChI=1S/C14H27N3O2/c1-2-3-4-13(15)14(18)17-6-5-12(11-17)16-7-9-19-10-8-16/h12-13H,2-11,15H2,1H3/t12?,13-/m0/s1. The first kappa shape index (κ1) is 14.8. The van der Waals surface area contributed by atoms with Gasteiger partial charge in [-0.3, -0.25) is 9.69 Å². The molecule has 2 atom stereocenters. The van der Waals surface area contributed by atoms with Crippen LogP contribution in [0.1, 0.15) is 32.6 Å². The van der Waals surface area contributed by atoms with E-state index < -0.39 is 0 Å². The summed E-state index contributed by atoms with van der Waals surface area (Å²) in [6, 6.07) is 0.203. The maximum absolute atomic E-state index is 12.2. The van der Waals surface area contributed by atoms with Crippen molar-refractivity contribution in [2.75, 3.05) is 39.4 Å². The van der Waals surface area contributed by atoms with Gasteiger partial charge in [0, 0.05) is 32.2 Å². The van der Waals surface area contributed by atoms with Gasteiger partial charge in [0.05, 0.1) is 19.3 Å². The van der Waals surface area contributed by atoms with E-state index in [-0.39, 0.29) is 11.9 Å². The number of hydrogen-bond donors (Lipinski definition) is 1. The van der Waals surface area contributed by atoms with Crippen LogP contribution in [0, 0.1) is 0 Å². The molecule has 2 rings (SSSR count). The number of amides is 1. The van der Waals surface area contributed by atoms with Crippen molar-refractivity contribution in [3.05, 3.63) is 0 Å². The largest absolute Gasteiger partial charge is 0.379 e. The monoisotopic (exact) mass is 269 g/mol. The lowest BCUT2D eigenvalue weighted by Gasteiger charge is -2.32. The molecule has 110 valence electrons. The second-order valence-corrected chi connectivity index (χ2v) is 5.62. The number of nitrogens with zero attached hydrogens (tertiary/aromatic N) is 2. The van der Waals surface area contributed by atoms with E-state index in [1.165, 1.54) is 0 Å². The molecule has 5 heteroatoms.